The molecule has 2 atom stereocenters. The highest BCUT2D eigenvalue weighted by Gasteiger charge is 2.28. The largest absolute Gasteiger partial charge is 0.381 e. The van der Waals surface area contributed by atoms with E-state index < -0.39 is 0 Å². The smallest absolute Gasteiger partial charge is 0.0649 e. The van der Waals surface area contributed by atoms with Crippen LogP contribution in [0.5, 0.6) is 0 Å². The molecule has 2 unspecified atom stereocenters. The fraction of sp³-hybridized carbons (Fsp3) is 0.438. The quantitative estimate of drug-likeness (QED) is 0.908. The fourth-order valence-corrected chi connectivity index (χ4v) is 2.88. The molecular weight excluding hydrogens is 250 g/mol. The molecule has 4 nitrogen and oxygen atoms in total. The molecule has 4 heteroatoms. The minimum atomic E-state index is 0.296. The number of para-hydroxylation sites is 1. The lowest BCUT2D eigenvalue weighted by molar-refractivity contribution is 0.176. The first-order chi connectivity index (χ1) is 9.90. The molecule has 1 aromatic carbocycles. The van der Waals surface area contributed by atoms with Crippen molar-refractivity contribution >= 4 is 0 Å². The number of aromatic nitrogens is 2. The second-order valence-electron chi connectivity index (χ2n) is 5.16. The molecule has 1 N–H and O–H groups in total. The van der Waals surface area contributed by atoms with Gasteiger partial charge in [-0.3, -0.25) is 0 Å². The minimum Gasteiger partial charge on any atom is -0.381 e. The van der Waals surface area contributed by atoms with Crippen molar-refractivity contribution in [2.75, 3.05) is 19.8 Å². The van der Waals surface area contributed by atoms with Gasteiger partial charge in [0.1, 0.15) is 0 Å². The summed E-state index contributed by atoms with van der Waals surface area (Å²) in [5, 5.41) is 8.09. The SMILES string of the molecule is CCNC(c1ccnn1-c1ccccc1)C1CCOC1. The molecule has 20 heavy (non-hydrogen) atoms. The molecule has 1 aromatic heterocycles. The van der Waals surface area contributed by atoms with E-state index in [4.69, 9.17) is 4.74 Å². The van der Waals surface area contributed by atoms with Gasteiger partial charge in [-0.05, 0) is 31.2 Å². The average molecular weight is 271 g/mol. The second-order valence-corrected chi connectivity index (χ2v) is 5.16. The van der Waals surface area contributed by atoms with Crippen molar-refractivity contribution < 1.29 is 4.74 Å². The molecule has 1 saturated heterocycles. The average Bonchev–Trinajstić information content (AvgIpc) is 3.17. The van der Waals surface area contributed by atoms with Gasteiger partial charge >= 0.3 is 0 Å². The number of rotatable bonds is 5. The lowest BCUT2D eigenvalue weighted by Gasteiger charge is -2.24. The van der Waals surface area contributed by atoms with E-state index in [9.17, 15) is 0 Å². The van der Waals surface area contributed by atoms with E-state index in [0.717, 1.165) is 31.9 Å². The van der Waals surface area contributed by atoms with Crippen LogP contribution in [-0.2, 0) is 4.74 Å². The number of nitrogens with one attached hydrogen (secondary N) is 1. The first-order valence-electron chi connectivity index (χ1n) is 7.30. The Hall–Kier alpha value is -1.65. The van der Waals surface area contributed by atoms with Gasteiger partial charge in [-0.25, -0.2) is 4.68 Å². The first kappa shape index (κ1) is 13.3. The highest BCUT2D eigenvalue weighted by Crippen LogP contribution is 2.29. The zero-order valence-electron chi connectivity index (χ0n) is 11.8. The van der Waals surface area contributed by atoms with Crippen molar-refractivity contribution in [2.45, 2.75) is 19.4 Å². The summed E-state index contributed by atoms with van der Waals surface area (Å²) in [5.74, 6) is 0.522. The lowest BCUT2D eigenvalue weighted by atomic mass is 9.96. The zero-order valence-corrected chi connectivity index (χ0v) is 11.8. The summed E-state index contributed by atoms with van der Waals surface area (Å²) < 4.78 is 7.59. The maximum absolute atomic E-state index is 5.56. The number of nitrogens with zero attached hydrogens (tertiary/aromatic N) is 2. The van der Waals surface area contributed by atoms with E-state index >= 15 is 0 Å². The summed E-state index contributed by atoms with van der Waals surface area (Å²) in [6, 6.07) is 12.7. The standard InChI is InChI=1S/C16H21N3O/c1-2-17-16(13-9-11-20-12-13)15-8-10-18-19(15)14-6-4-3-5-7-14/h3-8,10,13,16-17H,2,9,11-12H2,1H3. The molecule has 1 fully saturated rings. The number of benzene rings is 1. The van der Waals surface area contributed by atoms with E-state index in [1.165, 1.54) is 5.69 Å². The van der Waals surface area contributed by atoms with Gasteiger partial charge in [0.25, 0.3) is 0 Å². The maximum Gasteiger partial charge on any atom is 0.0649 e. The van der Waals surface area contributed by atoms with E-state index in [0.29, 0.717) is 12.0 Å². The van der Waals surface area contributed by atoms with Crippen molar-refractivity contribution in [1.29, 1.82) is 0 Å². The van der Waals surface area contributed by atoms with Crippen molar-refractivity contribution in [3.05, 3.63) is 48.3 Å². The third-order valence-corrected chi connectivity index (χ3v) is 3.85. The Morgan fingerprint density at radius 1 is 1.35 bits per heavy atom. The molecule has 3 rings (SSSR count). The van der Waals surface area contributed by atoms with Crippen LogP contribution in [0.3, 0.4) is 0 Å². The van der Waals surface area contributed by atoms with Crippen LogP contribution < -0.4 is 5.32 Å². The molecule has 1 aliphatic rings. The molecule has 2 aromatic rings. The third kappa shape index (κ3) is 2.62. The van der Waals surface area contributed by atoms with Gasteiger partial charge in [-0.2, -0.15) is 5.10 Å². The number of hydrogen-bond acceptors (Lipinski definition) is 3. The molecule has 106 valence electrons. The summed E-state index contributed by atoms with van der Waals surface area (Å²) in [5.41, 5.74) is 2.32. The second kappa shape index (κ2) is 6.20. The molecule has 0 bridgehead atoms. The summed E-state index contributed by atoms with van der Waals surface area (Å²) in [7, 11) is 0. The highest BCUT2D eigenvalue weighted by molar-refractivity contribution is 5.33. The van der Waals surface area contributed by atoms with Crippen molar-refractivity contribution in [3.8, 4) is 5.69 Å². The molecule has 0 saturated carbocycles. The van der Waals surface area contributed by atoms with Gasteiger partial charge < -0.3 is 10.1 Å². The van der Waals surface area contributed by atoms with Crippen molar-refractivity contribution in [3.63, 3.8) is 0 Å². The summed E-state index contributed by atoms with van der Waals surface area (Å²) in [6.45, 7) is 4.79. The first-order valence-corrected chi connectivity index (χ1v) is 7.30. The number of hydrogen-bond donors (Lipinski definition) is 1. The Bertz CT molecular complexity index is 532. The highest BCUT2D eigenvalue weighted by atomic mass is 16.5. The van der Waals surface area contributed by atoms with Crippen molar-refractivity contribution in [2.24, 2.45) is 5.92 Å². The monoisotopic (exact) mass is 271 g/mol. The van der Waals surface area contributed by atoms with Crippen molar-refractivity contribution in [1.82, 2.24) is 15.1 Å². The molecule has 0 aliphatic carbocycles. The summed E-state index contributed by atoms with van der Waals surface area (Å²) >= 11 is 0. The topological polar surface area (TPSA) is 39.1 Å². The summed E-state index contributed by atoms with van der Waals surface area (Å²) in [4.78, 5) is 0. The van der Waals surface area contributed by atoms with Crippen LogP contribution in [-0.4, -0.2) is 29.5 Å². The molecule has 1 aliphatic heterocycles. The zero-order chi connectivity index (χ0) is 13.8. The predicted octanol–water partition coefficient (Wildman–Crippen LogP) is 2.56. The normalized spacial score (nSPS) is 20.1. The fourth-order valence-electron chi connectivity index (χ4n) is 2.88. The third-order valence-electron chi connectivity index (χ3n) is 3.85. The lowest BCUT2D eigenvalue weighted by Crippen LogP contribution is -2.30. The van der Waals surface area contributed by atoms with Gasteiger partial charge in [0.2, 0.25) is 0 Å². The Morgan fingerprint density at radius 3 is 2.90 bits per heavy atom. The maximum atomic E-state index is 5.56. The Morgan fingerprint density at radius 2 is 2.20 bits per heavy atom. The van der Waals surface area contributed by atoms with Crippen LogP contribution in [0.15, 0.2) is 42.6 Å². The predicted molar refractivity (Wildman–Crippen MR) is 78.9 cm³/mol. The molecular formula is C16H21N3O. The van der Waals surface area contributed by atoms with Crippen LogP contribution >= 0.6 is 0 Å². The van der Waals surface area contributed by atoms with Gasteiger partial charge in [-0.15, -0.1) is 0 Å². The molecule has 0 amide bonds. The van der Waals surface area contributed by atoms with Crippen LogP contribution in [0.1, 0.15) is 25.1 Å². The van der Waals surface area contributed by atoms with E-state index in [2.05, 4.69) is 35.5 Å². The van der Waals surface area contributed by atoms with Crippen LogP contribution in [0.2, 0.25) is 0 Å². The van der Waals surface area contributed by atoms with E-state index in [1.807, 2.05) is 29.1 Å². The van der Waals surface area contributed by atoms with Crippen LogP contribution in [0, 0.1) is 5.92 Å². The Balaban J connectivity index is 1.93. The van der Waals surface area contributed by atoms with E-state index in [1.54, 1.807) is 0 Å². The van der Waals surface area contributed by atoms with E-state index in [-0.39, 0.29) is 0 Å². The Kier molecular flexibility index (Phi) is 4.14. The molecule has 0 spiro atoms. The molecule has 2 heterocycles. The van der Waals surface area contributed by atoms with Gasteiger partial charge in [-0.1, -0.05) is 25.1 Å². The minimum absolute atomic E-state index is 0.296. The van der Waals surface area contributed by atoms with Gasteiger partial charge in [0.05, 0.1) is 24.0 Å². The molecule has 0 radical (unpaired) electrons. The van der Waals surface area contributed by atoms with Gasteiger partial charge in [0.15, 0.2) is 0 Å². The van der Waals surface area contributed by atoms with Crippen LogP contribution in [0.25, 0.3) is 5.69 Å². The van der Waals surface area contributed by atoms with Crippen LogP contribution in [0.4, 0.5) is 0 Å². The van der Waals surface area contributed by atoms with Gasteiger partial charge in [0, 0.05) is 18.7 Å². The Labute approximate surface area is 119 Å². The number of ether oxygens (including phenoxy) is 1. The summed E-state index contributed by atoms with van der Waals surface area (Å²) in [6.07, 6.45) is 2.99.